The van der Waals surface area contributed by atoms with Crippen molar-refractivity contribution in [2.45, 2.75) is 6.42 Å². The fourth-order valence-electron chi connectivity index (χ4n) is 1.73. The molecular formula is C15H13BrINO. The summed E-state index contributed by atoms with van der Waals surface area (Å²) in [5, 5.41) is 2.95. The van der Waals surface area contributed by atoms with E-state index < -0.39 is 0 Å². The highest BCUT2D eigenvalue weighted by atomic mass is 127. The van der Waals surface area contributed by atoms with Crippen molar-refractivity contribution in [3.05, 3.63) is 67.7 Å². The zero-order valence-corrected chi connectivity index (χ0v) is 13.9. The first-order valence-corrected chi connectivity index (χ1v) is 7.81. The molecule has 0 saturated heterocycles. The Bertz CT molecular complexity index is 572. The van der Waals surface area contributed by atoms with Gasteiger partial charge in [0.25, 0.3) is 5.91 Å². The van der Waals surface area contributed by atoms with Crippen LogP contribution in [-0.2, 0) is 6.42 Å². The normalized spacial score (nSPS) is 10.2. The van der Waals surface area contributed by atoms with Crippen LogP contribution in [0.1, 0.15) is 15.9 Å². The summed E-state index contributed by atoms with van der Waals surface area (Å²) in [6, 6.07) is 15.8. The van der Waals surface area contributed by atoms with Crippen molar-refractivity contribution in [1.82, 2.24) is 5.32 Å². The van der Waals surface area contributed by atoms with E-state index in [1.165, 1.54) is 5.56 Å². The Morgan fingerprint density at radius 2 is 1.89 bits per heavy atom. The van der Waals surface area contributed by atoms with Gasteiger partial charge in [-0.25, -0.2) is 0 Å². The topological polar surface area (TPSA) is 29.1 Å². The molecule has 98 valence electrons. The van der Waals surface area contributed by atoms with Crippen LogP contribution in [0.2, 0.25) is 0 Å². The molecule has 0 atom stereocenters. The Balaban J connectivity index is 1.93. The van der Waals surface area contributed by atoms with Gasteiger partial charge in [-0.3, -0.25) is 4.79 Å². The summed E-state index contributed by atoms with van der Waals surface area (Å²) < 4.78 is 1.87. The molecule has 4 heteroatoms. The molecule has 1 N–H and O–H groups in total. The minimum absolute atomic E-state index is 0.0263. The van der Waals surface area contributed by atoms with Crippen LogP contribution in [0.5, 0.6) is 0 Å². The van der Waals surface area contributed by atoms with Gasteiger partial charge in [-0.15, -0.1) is 0 Å². The standard InChI is InChI=1S/C15H13BrINO/c16-12-6-7-14(17)13(10-12)15(19)18-9-8-11-4-2-1-3-5-11/h1-7,10H,8-9H2,(H,18,19). The Morgan fingerprint density at radius 3 is 2.63 bits per heavy atom. The highest BCUT2D eigenvalue weighted by molar-refractivity contribution is 14.1. The average Bonchev–Trinajstić information content (AvgIpc) is 2.42. The maximum Gasteiger partial charge on any atom is 0.252 e. The Labute approximate surface area is 134 Å². The van der Waals surface area contributed by atoms with Gasteiger partial charge in [0, 0.05) is 14.6 Å². The molecule has 0 fully saturated rings. The molecule has 0 aromatic heterocycles. The van der Waals surface area contributed by atoms with Gasteiger partial charge in [0.05, 0.1) is 5.56 Å². The van der Waals surface area contributed by atoms with Gasteiger partial charge in [-0.2, -0.15) is 0 Å². The third-order valence-corrected chi connectivity index (χ3v) is 4.15. The summed E-state index contributed by atoms with van der Waals surface area (Å²) in [5.41, 5.74) is 1.94. The Morgan fingerprint density at radius 1 is 1.16 bits per heavy atom. The lowest BCUT2D eigenvalue weighted by Crippen LogP contribution is -2.26. The number of benzene rings is 2. The van der Waals surface area contributed by atoms with E-state index in [-0.39, 0.29) is 5.91 Å². The molecule has 0 bridgehead atoms. The van der Waals surface area contributed by atoms with E-state index in [2.05, 4.69) is 56.0 Å². The third kappa shape index (κ3) is 4.31. The lowest BCUT2D eigenvalue weighted by atomic mass is 10.1. The van der Waals surface area contributed by atoms with E-state index in [1.54, 1.807) is 0 Å². The van der Waals surface area contributed by atoms with Crippen LogP contribution in [0.25, 0.3) is 0 Å². The zero-order chi connectivity index (χ0) is 13.7. The summed E-state index contributed by atoms with van der Waals surface area (Å²) in [4.78, 5) is 12.1. The average molecular weight is 430 g/mol. The number of hydrogen-bond donors (Lipinski definition) is 1. The monoisotopic (exact) mass is 429 g/mol. The number of rotatable bonds is 4. The number of nitrogens with one attached hydrogen (secondary N) is 1. The molecule has 2 rings (SSSR count). The van der Waals surface area contributed by atoms with Crippen LogP contribution in [-0.4, -0.2) is 12.5 Å². The second-order valence-electron chi connectivity index (χ2n) is 4.12. The van der Waals surface area contributed by atoms with Crippen molar-refractivity contribution in [3.8, 4) is 0 Å². The van der Waals surface area contributed by atoms with Gasteiger partial charge in [0.15, 0.2) is 0 Å². The van der Waals surface area contributed by atoms with Crippen molar-refractivity contribution in [3.63, 3.8) is 0 Å². The number of hydrogen-bond acceptors (Lipinski definition) is 1. The Hall–Kier alpha value is -0.880. The fraction of sp³-hybridized carbons (Fsp3) is 0.133. The van der Waals surface area contributed by atoms with E-state index in [0.29, 0.717) is 12.1 Å². The van der Waals surface area contributed by atoms with Crippen molar-refractivity contribution >= 4 is 44.4 Å². The molecule has 0 unspecified atom stereocenters. The van der Waals surface area contributed by atoms with Crippen LogP contribution in [0.4, 0.5) is 0 Å². The molecule has 0 heterocycles. The van der Waals surface area contributed by atoms with Gasteiger partial charge < -0.3 is 5.32 Å². The molecule has 2 nitrogen and oxygen atoms in total. The summed E-state index contributed by atoms with van der Waals surface area (Å²) in [5.74, 6) is -0.0263. The summed E-state index contributed by atoms with van der Waals surface area (Å²) in [7, 11) is 0. The van der Waals surface area contributed by atoms with E-state index in [0.717, 1.165) is 14.5 Å². The van der Waals surface area contributed by atoms with Gasteiger partial charge in [0.2, 0.25) is 0 Å². The van der Waals surface area contributed by atoms with Gasteiger partial charge in [0.1, 0.15) is 0 Å². The summed E-state index contributed by atoms with van der Waals surface area (Å²) >= 11 is 5.56. The van der Waals surface area contributed by atoms with Gasteiger partial charge in [-0.1, -0.05) is 46.3 Å². The predicted molar refractivity (Wildman–Crippen MR) is 89.3 cm³/mol. The van der Waals surface area contributed by atoms with Crippen molar-refractivity contribution in [1.29, 1.82) is 0 Å². The third-order valence-electron chi connectivity index (χ3n) is 2.72. The number of carbonyl (C=O) groups excluding carboxylic acids is 1. The van der Waals surface area contributed by atoms with Crippen molar-refractivity contribution in [2.24, 2.45) is 0 Å². The fourth-order valence-corrected chi connectivity index (χ4v) is 2.67. The molecule has 0 saturated carbocycles. The molecule has 0 aliphatic rings. The summed E-state index contributed by atoms with van der Waals surface area (Å²) in [6.07, 6.45) is 0.844. The minimum Gasteiger partial charge on any atom is -0.352 e. The maximum absolute atomic E-state index is 12.1. The van der Waals surface area contributed by atoms with E-state index in [9.17, 15) is 4.79 Å². The smallest absolute Gasteiger partial charge is 0.252 e. The molecule has 2 aromatic rings. The van der Waals surface area contributed by atoms with Crippen LogP contribution >= 0.6 is 38.5 Å². The Kier molecular flexibility index (Phi) is 5.39. The largest absolute Gasteiger partial charge is 0.352 e. The molecule has 19 heavy (non-hydrogen) atoms. The molecule has 0 radical (unpaired) electrons. The van der Waals surface area contributed by atoms with Gasteiger partial charge >= 0.3 is 0 Å². The first kappa shape index (κ1) is 14.5. The van der Waals surface area contributed by atoms with E-state index >= 15 is 0 Å². The lowest BCUT2D eigenvalue weighted by Gasteiger charge is -2.07. The highest BCUT2D eigenvalue weighted by Crippen LogP contribution is 2.18. The van der Waals surface area contributed by atoms with E-state index in [4.69, 9.17) is 0 Å². The first-order chi connectivity index (χ1) is 9.16. The van der Waals surface area contributed by atoms with Crippen molar-refractivity contribution in [2.75, 3.05) is 6.54 Å². The number of halogens is 2. The van der Waals surface area contributed by atoms with E-state index in [1.807, 2.05) is 36.4 Å². The SMILES string of the molecule is O=C(NCCc1ccccc1)c1cc(Br)ccc1I. The lowest BCUT2D eigenvalue weighted by molar-refractivity contribution is 0.0953. The molecule has 0 aliphatic heterocycles. The maximum atomic E-state index is 12.1. The summed E-state index contributed by atoms with van der Waals surface area (Å²) in [6.45, 7) is 0.644. The molecule has 0 aliphatic carbocycles. The first-order valence-electron chi connectivity index (χ1n) is 5.94. The highest BCUT2D eigenvalue weighted by Gasteiger charge is 2.09. The second-order valence-corrected chi connectivity index (χ2v) is 6.19. The van der Waals surface area contributed by atoms with Crippen LogP contribution in [0, 0.1) is 3.57 Å². The second kappa shape index (κ2) is 7.05. The molecule has 1 amide bonds. The zero-order valence-electron chi connectivity index (χ0n) is 10.2. The number of carbonyl (C=O) groups is 1. The molecular weight excluding hydrogens is 417 g/mol. The van der Waals surface area contributed by atoms with Crippen LogP contribution in [0.15, 0.2) is 53.0 Å². The predicted octanol–water partition coefficient (Wildman–Crippen LogP) is 4.03. The number of amides is 1. The van der Waals surface area contributed by atoms with Gasteiger partial charge in [-0.05, 0) is 52.8 Å². The molecule has 0 spiro atoms. The quantitative estimate of drug-likeness (QED) is 0.730. The molecule has 2 aromatic carbocycles. The van der Waals surface area contributed by atoms with Crippen LogP contribution in [0.3, 0.4) is 0 Å². The minimum atomic E-state index is -0.0263. The van der Waals surface area contributed by atoms with Crippen molar-refractivity contribution < 1.29 is 4.79 Å². The van der Waals surface area contributed by atoms with Crippen LogP contribution < -0.4 is 5.32 Å².